The van der Waals surface area contributed by atoms with Crippen molar-refractivity contribution < 1.29 is 13.6 Å². The molecule has 0 bridgehead atoms. The predicted octanol–water partition coefficient (Wildman–Crippen LogP) is 4.82. The van der Waals surface area contributed by atoms with E-state index in [1.54, 1.807) is 13.4 Å². The number of nitrogens with zero attached hydrogens (tertiary/aromatic N) is 1. The van der Waals surface area contributed by atoms with Gasteiger partial charge in [0.1, 0.15) is 17.0 Å². The Morgan fingerprint density at radius 3 is 2.90 bits per heavy atom. The van der Waals surface area contributed by atoms with Crippen molar-refractivity contribution in [2.45, 2.75) is 0 Å². The normalized spacial score (nSPS) is 11.1. The molecule has 4 aromatic rings. The first-order chi connectivity index (χ1) is 10.3. The number of fused-ring (bicyclic) bond motifs is 1. The first-order valence-electron chi connectivity index (χ1n) is 6.41. The first kappa shape index (κ1) is 12.2. The molecule has 0 unspecified atom stereocenters. The topological polar surface area (TPSA) is 48.4 Å². The van der Waals surface area contributed by atoms with Crippen LogP contribution in [0.25, 0.3) is 33.2 Å². The molecule has 0 saturated carbocycles. The highest BCUT2D eigenvalue weighted by Gasteiger charge is 2.12. The van der Waals surface area contributed by atoms with Crippen LogP contribution in [0, 0.1) is 0 Å². The smallest absolute Gasteiger partial charge is 0.162 e. The lowest BCUT2D eigenvalue weighted by Crippen LogP contribution is -1.79. The average Bonchev–Trinajstić information content (AvgIpc) is 3.23. The number of hydrogen-bond acceptors (Lipinski definition) is 5. The molecule has 104 valence electrons. The number of rotatable bonds is 3. The molecule has 0 radical (unpaired) electrons. The summed E-state index contributed by atoms with van der Waals surface area (Å²) in [5.41, 5.74) is 1.60. The second kappa shape index (κ2) is 4.79. The van der Waals surface area contributed by atoms with Crippen LogP contribution in [-0.2, 0) is 0 Å². The zero-order valence-electron chi connectivity index (χ0n) is 11.2. The Morgan fingerprint density at radius 1 is 1.14 bits per heavy atom. The van der Waals surface area contributed by atoms with Crippen molar-refractivity contribution in [2.24, 2.45) is 0 Å². The molecular formula is C16H11NO3S. The summed E-state index contributed by atoms with van der Waals surface area (Å²) in [7, 11) is 1.64. The van der Waals surface area contributed by atoms with Gasteiger partial charge in [0.05, 0.1) is 13.4 Å². The monoisotopic (exact) mass is 297 g/mol. The fraction of sp³-hybridized carbons (Fsp3) is 0.0625. The van der Waals surface area contributed by atoms with Gasteiger partial charge in [-0.3, -0.25) is 0 Å². The SMILES string of the molecule is COc1ccc2cc(-c3csc(-c4ccco4)n3)oc2c1. The summed E-state index contributed by atoms with van der Waals surface area (Å²) >= 11 is 1.53. The van der Waals surface area contributed by atoms with Gasteiger partial charge in [0.2, 0.25) is 0 Å². The Kier molecular flexibility index (Phi) is 2.79. The maximum atomic E-state index is 5.86. The summed E-state index contributed by atoms with van der Waals surface area (Å²) in [6, 6.07) is 11.5. The van der Waals surface area contributed by atoms with Crippen LogP contribution in [0.2, 0.25) is 0 Å². The highest BCUT2D eigenvalue weighted by molar-refractivity contribution is 7.13. The van der Waals surface area contributed by atoms with Gasteiger partial charge in [-0.05, 0) is 30.3 Å². The molecule has 0 N–H and O–H groups in total. The van der Waals surface area contributed by atoms with Crippen molar-refractivity contribution in [3.8, 4) is 28.0 Å². The molecule has 0 aliphatic carbocycles. The lowest BCUT2D eigenvalue weighted by atomic mass is 10.2. The van der Waals surface area contributed by atoms with Gasteiger partial charge in [-0.25, -0.2) is 4.98 Å². The molecule has 1 aromatic carbocycles. The number of benzene rings is 1. The van der Waals surface area contributed by atoms with E-state index in [9.17, 15) is 0 Å². The molecule has 4 rings (SSSR count). The van der Waals surface area contributed by atoms with E-state index >= 15 is 0 Å². The van der Waals surface area contributed by atoms with Crippen molar-refractivity contribution in [1.29, 1.82) is 0 Å². The fourth-order valence-electron chi connectivity index (χ4n) is 2.17. The molecule has 0 fully saturated rings. The highest BCUT2D eigenvalue weighted by atomic mass is 32.1. The van der Waals surface area contributed by atoms with Crippen LogP contribution in [0.5, 0.6) is 5.75 Å². The van der Waals surface area contributed by atoms with Crippen LogP contribution in [0.15, 0.2) is 56.9 Å². The van der Waals surface area contributed by atoms with Crippen LogP contribution >= 0.6 is 11.3 Å². The molecule has 4 nitrogen and oxygen atoms in total. The van der Waals surface area contributed by atoms with Crippen molar-refractivity contribution >= 4 is 22.3 Å². The van der Waals surface area contributed by atoms with E-state index in [0.29, 0.717) is 0 Å². The standard InChI is InChI=1S/C16H11NO3S/c1-18-11-5-4-10-7-15(20-14(10)8-11)12-9-21-16(17-12)13-3-2-6-19-13/h2-9H,1H3. The summed E-state index contributed by atoms with van der Waals surface area (Å²) in [6.45, 7) is 0. The number of hydrogen-bond donors (Lipinski definition) is 0. The third kappa shape index (κ3) is 2.11. The van der Waals surface area contributed by atoms with E-state index in [1.807, 2.05) is 41.8 Å². The lowest BCUT2D eigenvalue weighted by Gasteiger charge is -1.96. The van der Waals surface area contributed by atoms with Gasteiger partial charge in [-0.1, -0.05) is 0 Å². The van der Waals surface area contributed by atoms with Gasteiger partial charge in [0.15, 0.2) is 16.5 Å². The minimum atomic E-state index is 0.743. The van der Waals surface area contributed by atoms with E-state index in [1.165, 1.54) is 11.3 Å². The predicted molar refractivity (Wildman–Crippen MR) is 81.6 cm³/mol. The van der Waals surface area contributed by atoms with E-state index in [-0.39, 0.29) is 0 Å². The summed E-state index contributed by atoms with van der Waals surface area (Å²) in [4.78, 5) is 4.56. The molecule has 5 heteroatoms. The Hall–Kier alpha value is -2.53. The maximum Gasteiger partial charge on any atom is 0.162 e. The average molecular weight is 297 g/mol. The van der Waals surface area contributed by atoms with Crippen LogP contribution in [0.3, 0.4) is 0 Å². The molecule has 3 heterocycles. The Balaban J connectivity index is 1.76. The largest absolute Gasteiger partial charge is 0.497 e. The van der Waals surface area contributed by atoms with Crippen molar-refractivity contribution in [3.05, 3.63) is 48.0 Å². The maximum absolute atomic E-state index is 5.86. The molecular weight excluding hydrogens is 286 g/mol. The molecule has 0 aliphatic heterocycles. The minimum Gasteiger partial charge on any atom is -0.497 e. The Labute approximate surface area is 124 Å². The van der Waals surface area contributed by atoms with Gasteiger partial charge >= 0.3 is 0 Å². The zero-order valence-corrected chi connectivity index (χ0v) is 12.0. The van der Waals surface area contributed by atoms with Gasteiger partial charge < -0.3 is 13.6 Å². The molecule has 0 spiro atoms. The van der Waals surface area contributed by atoms with Crippen LogP contribution < -0.4 is 4.74 Å². The third-order valence-electron chi connectivity index (χ3n) is 3.22. The van der Waals surface area contributed by atoms with Crippen LogP contribution in [0.1, 0.15) is 0 Å². The molecule has 0 saturated heterocycles. The summed E-state index contributed by atoms with van der Waals surface area (Å²) in [6.07, 6.45) is 1.64. The van der Waals surface area contributed by atoms with Gasteiger partial charge in [0.25, 0.3) is 0 Å². The fourth-order valence-corrected chi connectivity index (χ4v) is 2.94. The van der Waals surface area contributed by atoms with Crippen molar-refractivity contribution in [2.75, 3.05) is 7.11 Å². The summed E-state index contributed by atoms with van der Waals surface area (Å²) in [5, 5.41) is 3.83. The van der Waals surface area contributed by atoms with E-state index in [2.05, 4.69) is 4.98 Å². The molecule has 0 atom stereocenters. The highest BCUT2D eigenvalue weighted by Crippen LogP contribution is 2.33. The van der Waals surface area contributed by atoms with Gasteiger partial charge in [-0.15, -0.1) is 11.3 Å². The summed E-state index contributed by atoms with van der Waals surface area (Å²) < 4.78 is 16.4. The Morgan fingerprint density at radius 2 is 2.10 bits per heavy atom. The zero-order chi connectivity index (χ0) is 14.2. The van der Waals surface area contributed by atoms with E-state index in [4.69, 9.17) is 13.6 Å². The second-order valence-corrected chi connectivity index (χ2v) is 5.39. The summed E-state index contributed by atoms with van der Waals surface area (Å²) in [5.74, 6) is 2.29. The molecule has 0 aliphatic rings. The van der Waals surface area contributed by atoms with Crippen LogP contribution in [0.4, 0.5) is 0 Å². The van der Waals surface area contributed by atoms with E-state index < -0.39 is 0 Å². The van der Waals surface area contributed by atoms with Gasteiger partial charge in [-0.2, -0.15) is 0 Å². The quantitative estimate of drug-likeness (QED) is 0.543. The molecule has 21 heavy (non-hydrogen) atoms. The number of furan rings is 2. The number of thiazole rings is 1. The van der Waals surface area contributed by atoms with Crippen LogP contribution in [-0.4, -0.2) is 12.1 Å². The molecule has 0 amide bonds. The number of methoxy groups -OCH3 is 1. The second-order valence-electron chi connectivity index (χ2n) is 4.53. The third-order valence-corrected chi connectivity index (χ3v) is 4.07. The molecule has 3 aromatic heterocycles. The van der Waals surface area contributed by atoms with Crippen molar-refractivity contribution in [1.82, 2.24) is 4.98 Å². The Bertz CT molecular complexity index is 889. The lowest BCUT2D eigenvalue weighted by molar-refractivity contribution is 0.414. The number of aromatic nitrogens is 1. The number of ether oxygens (including phenoxy) is 1. The first-order valence-corrected chi connectivity index (χ1v) is 7.29. The minimum absolute atomic E-state index is 0.743. The van der Waals surface area contributed by atoms with Gasteiger partial charge in [0, 0.05) is 16.8 Å². The van der Waals surface area contributed by atoms with E-state index in [0.717, 1.165) is 38.9 Å². The van der Waals surface area contributed by atoms with Crippen molar-refractivity contribution in [3.63, 3.8) is 0 Å².